The molecule has 18 heavy (non-hydrogen) atoms. The number of rotatable bonds is 5. The van der Waals surface area contributed by atoms with Crippen LogP contribution in [0.4, 0.5) is 6.01 Å². The standard InChI is InChI=1S/C14H18N2O2/c1-4-17-12-7-5-6-11(8-12)9-13-10(2)18-14(15-3)16-13/h5-8H,4,9H2,1-3H3,(H,15,16). The van der Waals surface area contributed by atoms with E-state index in [1.165, 1.54) is 5.56 Å². The molecule has 0 saturated carbocycles. The van der Waals surface area contributed by atoms with Crippen LogP contribution in [0.5, 0.6) is 5.75 Å². The van der Waals surface area contributed by atoms with Crippen LogP contribution in [-0.2, 0) is 6.42 Å². The van der Waals surface area contributed by atoms with Crippen molar-refractivity contribution >= 4 is 6.01 Å². The quantitative estimate of drug-likeness (QED) is 0.881. The highest BCUT2D eigenvalue weighted by atomic mass is 16.5. The Morgan fingerprint density at radius 3 is 2.89 bits per heavy atom. The lowest BCUT2D eigenvalue weighted by Crippen LogP contribution is -1.95. The second kappa shape index (κ2) is 5.58. The molecule has 0 aliphatic rings. The van der Waals surface area contributed by atoms with Crippen LogP contribution < -0.4 is 10.1 Å². The van der Waals surface area contributed by atoms with Crippen LogP contribution in [0.2, 0.25) is 0 Å². The second-order valence-corrected chi connectivity index (χ2v) is 4.03. The largest absolute Gasteiger partial charge is 0.494 e. The average molecular weight is 246 g/mol. The molecule has 4 nitrogen and oxygen atoms in total. The summed E-state index contributed by atoms with van der Waals surface area (Å²) in [7, 11) is 1.80. The molecule has 0 aliphatic carbocycles. The number of oxazole rings is 1. The Morgan fingerprint density at radius 1 is 1.39 bits per heavy atom. The van der Waals surface area contributed by atoms with Crippen molar-refractivity contribution in [1.82, 2.24) is 4.98 Å². The molecule has 1 aromatic carbocycles. The zero-order valence-corrected chi connectivity index (χ0v) is 11.0. The number of ether oxygens (including phenoxy) is 1. The third-order valence-electron chi connectivity index (χ3n) is 2.69. The van der Waals surface area contributed by atoms with Crippen molar-refractivity contribution in [3.63, 3.8) is 0 Å². The summed E-state index contributed by atoms with van der Waals surface area (Å²) < 4.78 is 10.9. The molecule has 0 amide bonds. The van der Waals surface area contributed by atoms with Crippen molar-refractivity contribution in [2.24, 2.45) is 0 Å². The highest BCUT2D eigenvalue weighted by Gasteiger charge is 2.09. The lowest BCUT2D eigenvalue weighted by atomic mass is 10.1. The normalized spacial score (nSPS) is 10.4. The highest BCUT2D eigenvalue weighted by Crippen LogP contribution is 2.20. The Bertz CT molecular complexity index is 520. The van der Waals surface area contributed by atoms with E-state index in [0.29, 0.717) is 12.6 Å². The Hall–Kier alpha value is -1.97. The maximum absolute atomic E-state index is 5.48. The predicted molar refractivity (Wildman–Crippen MR) is 71.2 cm³/mol. The third kappa shape index (κ3) is 2.83. The summed E-state index contributed by atoms with van der Waals surface area (Å²) in [6, 6.07) is 8.62. The fourth-order valence-electron chi connectivity index (χ4n) is 1.80. The number of anilines is 1. The molecular formula is C14H18N2O2. The molecule has 0 radical (unpaired) electrons. The molecule has 96 valence electrons. The van der Waals surface area contributed by atoms with E-state index in [1.54, 1.807) is 7.05 Å². The van der Waals surface area contributed by atoms with E-state index in [0.717, 1.165) is 23.6 Å². The van der Waals surface area contributed by atoms with Gasteiger partial charge in [0.1, 0.15) is 11.5 Å². The van der Waals surface area contributed by atoms with E-state index in [2.05, 4.69) is 16.4 Å². The highest BCUT2D eigenvalue weighted by molar-refractivity contribution is 5.33. The topological polar surface area (TPSA) is 47.3 Å². The van der Waals surface area contributed by atoms with Crippen LogP contribution in [-0.4, -0.2) is 18.6 Å². The summed E-state index contributed by atoms with van der Waals surface area (Å²) >= 11 is 0. The van der Waals surface area contributed by atoms with Crippen molar-refractivity contribution in [2.75, 3.05) is 19.0 Å². The average Bonchev–Trinajstić information content (AvgIpc) is 2.71. The maximum atomic E-state index is 5.48. The number of nitrogens with zero attached hydrogens (tertiary/aromatic N) is 1. The van der Waals surface area contributed by atoms with E-state index in [4.69, 9.17) is 9.15 Å². The molecule has 4 heteroatoms. The zero-order chi connectivity index (χ0) is 13.0. The second-order valence-electron chi connectivity index (χ2n) is 4.03. The lowest BCUT2D eigenvalue weighted by Gasteiger charge is -2.05. The van der Waals surface area contributed by atoms with Gasteiger partial charge in [-0.25, -0.2) is 0 Å². The minimum Gasteiger partial charge on any atom is -0.494 e. The van der Waals surface area contributed by atoms with Gasteiger partial charge in [-0.3, -0.25) is 0 Å². The minimum absolute atomic E-state index is 0.559. The van der Waals surface area contributed by atoms with Crippen LogP contribution in [0.3, 0.4) is 0 Å². The van der Waals surface area contributed by atoms with Gasteiger partial charge in [-0.05, 0) is 31.5 Å². The van der Waals surface area contributed by atoms with Gasteiger partial charge in [0.05, 0.1) is 12.3 Å². The van der Waals surface area contributed by atoms with E-state index >= 15 is 0 Å². The first-order valence-electron chi connectivity index (χ1n) is 6.08. The maximum Gasteiger partial charge on any atom is 0.294 e. The molecule has 0 aliphatic heterocycles. The zero-order valence-electron chi connectivity index (χ0n) is 11.0. The van der Waals surface area contributed by atoms with Crippen molar-refractivity contribution in [3.8, 4) is 5.75 Å². The van der Waals surface area contributed by atoms with Gasteiger partial charge < -0.3 is 14.5 Å². The molecule has 1 N–H and O–H groups in total. The number of aryl methyl sites for hydroxylation is 1. The third-order valence-corrected chi connectivity index (χ3v) is 2.69. The van der Waals surface area contributed by atoms with Crippen molar-refractivity contribution < 1.29 is 9.15 Å². The van der Waals surface area contributed by atoms with Crippen LogP contribution in [0.15, 0.2) is 28.7 Å². The summed E-state index contributed by atoms with van der Waals surface area (Å²) in [4.78, 5) is 4.38. The monoisotopic (exact) mass is 246 g/mol. The fraction of sp³-hybridized carbons (Fsp3) is 0.357. The molecule has 1 heterocycles. The van der Waals surface area contributed by atoms with Crippen LogP contribution in [0.25, 0.3) is 0 Å². The first-order chi connectivity index (χ1) is 8.72. The van der Waals surface area contributed by atoms with Gasteiger partial charge in [-0.2, -0.15) is 4.98 Å². The smallest absolute Gasteiger partial charge is 0.294 e. The van der Waals surface area contributed by atoms with Crippen molar-refractivity contribution in [3.05, 3.63) is 41.3 Å². The Labute approximate surface area is 107 Å². The molecule has 0 fully saturated rings. The molecule has 0 saturated heterocycles. The van der Waals surface area contributed by atoms with Gasteiger partial charge in [-0.15, -0.1) is 0 Å². The Kier molecular flexibility index (Phi) is 3.87. The predicted octanol–water partition coefficient (Wildman–Crippen LogP) is 3.01. The van der Waals surface area contributed by atoms with Crippen LogP contribution >= 0.6 is 0 Å². The molecule has 0 unspecified atom stereocenters. The van der Waals surface area contributed by atoms with Gasteiger partial charge >= 0.3 is 0 Å². The molecule has 0 bridgehead atoms. The van der Waals surface area contributed by atoms with Crippen LogP contribution in [0, 0.1) is 6.92 Å². The number of nitrogens with one attached hydrogen (secondary N) is 1. The van der Waals surface area contributed by atoms with Crippen molar-refractivity contribution in [2.45, 2.75) is 20.3 Å². The summed E-state index contributed by atoms with van der Waals surface area (Å²) in [5, 5.41) is 2.90. The van der Waals surface area contributed by atoms with Gasteiger partial charge in [0.2, 0.25) is 0 Å². The van der Waals surface area contributed by atoms with Gasteiger partial charge in [-0.1, -0.05) is 12.1 Å². The van der Waals surface area contributed by atoms with Crippen molar-refractivity contribution in [1.29, 1.82) is 0 Å². The molecular weight excluding hydrogens is 228 g/mol. The van der Waals surface area contributed by atoms with Crippen LogP contribution in [0.1, 0.15) is 23.9 Å². The van der Waals surface area contributed by atoms with E-state index in [1.807, 2.05) is 32.0 Å². The van der Waals surface area contributed by atoms with Gasteiger partial charge in [0.15, 0.2) is 0 Å². The van der Waals surface area contributed by atoms with Gasteiger partial charge in [0, 0.05) is 13.5 Å². The van der Waals surface area contributed by atoms with E-state index in [-0.39, 0.29) is 0 Å². The minimum atomic E-state index is 0.559. The number of hydrogen-bond acceptors (Lipinski definition) is 4. The number of benzene rings is 1. The molecule has 1 aromatic heterocycles. The summed E-state index contributed by atoms with van der Waals surface area (Å²) in [5.74, 6) is 1.74. The molecule has 0 spiro atoms. The Morgan fingerprint density at radius 2 is 2.22 bits per heavy atom. The Balaban J connectivity index is 2.17. The fourth-order valence-corrected chi connectivity index (χ4v) is 1.80. The first-order valence-corrected chi connectivity index (χ1v) is 6.08. The summed E-state index contributed by atoms with van der Waals surface area (Å²) in [6.45, 7) is 4.58. The molecule has 0 atom stereocenters. The number of hydrogen-bond donors (Lipinski definition) is 1. The molecule has 2 aromatic rings. The summed E-state index contributed by atoms with van der Waals surface area (Å²) in [6.07, 6.45) is 0.748. The summed E-state index contributed by atoms with van der Waals surface area (Å²) in [5.41, 5.74) is 2.12. The van der Waals surface area contributed by atoms with Gasteiger partial charge in [0.25, 0.3) is 6.01 Å². The lowest BCUT2D eigenvalue weighted by molar-refractivity contribution is 0.340. The SMILES string of the molecule is CCOc1cccc(Cc2nc(NC)oc2C)c1. The molecule has 2 rings (SSSR count). The number of aromatic nitrogens is 1. The van der Waals surface area contributed by atoms with E-state index in [9.17, 15) is 0 Å². The first kappa shape index (κ1) is 12.5. The van der Waals surface area contributed by atoms with E-state index < -0.39 is 0 Å².